The van der Waals surface area contributed by atoms with Crippen LogP contribution in [0.5, 0.6) is 0 Å². The molecule has 1 heterocycles. The topological polar surface area (TPSA) is 38.5 Å². The van der Waals surface area contributed by atoms with E-state index in [2.05, 4.69) is 17.9 Å². The van der Waals surface area contributed by atoms with Crippen molar-refractivity contribution in [2.24, 2.45) is 11.8 Å². The summed E-state index contributed by atoms with van der Waals surface area (Å²) >= 11 is 6.02. The van der Waals surface area contributed by atoms with Gasteiger partial charge in [0.2, 0.25) is 0 Å². The molecule has 0 aliphatic carbocycles. The summed E-state index contributed by atoms with van der Waals surface area (Å²) < 4.78 is 0. The first-order valence-corrected chi connectivity index (χ1v) is 5.91. The largest absolute Gasteiger partial charge is 0.371 e. The summed E-state index contributed by atoms with van der Waals surface area (Å²) in [5.41, 5.74) is 2.49. The second-order valence-electron chi connectivity index (χ2n) is 4.36. The van der Waals surface area contributed by atoms with Crippen molar-refractivity contribution < 1.29 is 4.84 Å². The maximum Gasteiger partial charge on any atom is 0.0724 e. The van der Waals surface area contributed by atoms with Crippen LogP contribution in [-0.2, 0) is 4.84 Å². The Balaban J connectivity index is 2.11. The van der Waals surface area contributed by atoms with Crippen molar-refractivity contribution in [2.75, 3.05) is 24.6 Å². The van der Waals surface area contributed by atoms with E-state index in [-0.39, 0.29) is 0 Å². The van der Waals surface area contributed by atoms with Crippen LogP contribution in [-0.4, -0.2) is 19.7 Å². The van der Waals surface area contributed by atoms with Crippen molar-refractivity contribution in [3.05, 3.63) is 28.8 Å². The SMILES string of the molecule is Cc1ccc(Cl)cc1N1CCC(CON)C1. The Bertz CT molecular complexity index is 370. The molecule has 1 unspecified atom stereocenters. The molecule has 0 spiro atoms. The fourth-order valence-corrected chi connectivity index (χ4v) is 2.41. The number of aryl methyl sites for hydroxylation is 1. The van der Waals surface area contributed by atoms with E-state index in [0.29, 0.717) is 12.5 Å². The molecule has 2 N–H and O–H groups in total. The third-order valence-corrected chi connectivity index (χ3v) is 3.36. The molecule has 1 atom stereocenters. The first kappa shape index (κ1) is 11.7. The third kappa shape index (κ3) is 2.48. The van der Waals surface area contributed by atoms with E-state index in [4.69, 9.17) is 22.3 Å². The van der Waals surface area contributed by atoms with Gasteiger partial charge in [0, 0.05) is 29.7 Å². The monoisotopic (exact) mass is 240 g/mol. The molecule has 16 heavy (non-hydrogen) atoms. The van der Waals surface area contributed by atoms with Crippen LogP contribution in [0, 0.1) is 12.8 Å². The second kappa shape index (κ2) is 5.04. The van der Waals surface area contributed by atoms with Crippen LogP contribution in [0.3, 0.4) is 0 Å². The molecule has 1 aromatic rings. The Labute approximate surface area is 101 Å². The number of nitrogens with two attached hydrogens (primary N) is 1. The van der Waals surface area contributed by atoms with Crippen LogP contribution in [0.1, 0.15) is 12.0 Å². The fourth-order valence-electron chi connectivity index (χ4n) is 2.25. The lowest BCUT2D eigenvalue weighted by atomic mass is 10.1. The van der Waals surface area contributed by atoms with Gasteiger partial charge in [0.05, 0.1) is 6.61 Å². The molecule has 0 saturated carbocycles. The lowest BCUT2D eigenvalue weighted by molar-refractivity contribution is 0.108. The minimum Gasteiger partial charge on any atom is -0.371 e. The molecular weight excluding hydrogens is 224 g/mol. The van der Waals surface area contributed by atoms with Crippen molar-refractivity contribution in [3.8, 4) is 0 Å². The summed E-state index contributed by atoms with van der Waals surface area (Å²) in [5.74, 6) is 5.64. The predicted molar refractivity (Wildman–Crippen MR) is 66.6 cm³/mol. The van der Waals surface area contributed by atoms with Crippen LogP contribution >= 0.6 is 11.6 Å². The normalized spacial score (nSPS) is 20.4. The highest BCUT2D eigenvalue weighted by atomic mass is 35.5. The number of halogens is 1. The van der Waals surface area contributed by atoms with Gasteiger partial charge in [-0.3, -0.25) is 0 Å². The van der Waals surface area contributed by atoms with Crippen LogP contribution in [0.15, 0.2) is 18.2 Å². The molecule has 1 saturated heterocycles. The molecule has 3 nitrogen and oxygen atoms in total. The Kier molecular flexibility index (Phi) is 3.69. The van der Waals surface area contributed by atoms with Crippen LogP contribution in [0.25, 0.3) is 0 Å². The van der Waals surface area contributed by atoms with Crippen molar-refractivity contribution >= 4 is 17.3 Å². The number of hydrogen-bond donors (Lipinski definition) is 1. The zero-order valence-electron chi connectivity index (χ0n) is 9.45. The highest BCUT2D eigenvalue weighted by Gasteiger charge is 2.23. The van der Waals surface area contributed by atoms with Crippen molar-refractivity contribution in [3.63, 3.8) is 0 Å². The molecule has 0 amide bonds. The van der Waals surface area contributed by atoms with Gasteiger partial charge in [-0.15, -0.1) is 0 Å². The maximum absolute atomic E-state index is 6.02. The van der Waals surface area contributed by atoms with Gasteiger partial charge in [-0.05, 0) is 31.0 Å². The van der Waals surface area contributed by atoms with Gasteiger partial charge in [-0.25, -0.2) is 5.90 Å². The molecule has 0 aromatic heterocycles. The van der Waals surface area contributed by atoms with Crippen molar-refractivity contribution in [2.45, 2.75) is 13.3 Å². The van der Waals surface area contributed by atoms with Gasteiger partial charge in [-0.2, -0.15) is 0 Å². The van der Waals surface area contributed by atoms with Crippen LogP contribution < -0.4 is 10.8 Å². The van der Waals surface area contributed by atoms with Gasteiger partial charge < -0.3 is 9.74 Å². The first-order chi connectivity index (χ1) is 7.70. The highest BCUT2D eigenvalue weighted by molar-refractivity contribution is 6.30. The Morgan fingerprint density at radius 2 is 2.38 bits per heavy atom. The molecule has 1 aliphatic heterocycles. The third-order valence-electron chi connectivity index (χ3n) is 3.13. The molecule has 4 heteroatoms. The summed E-state index contributed by atoms with van der Waals surface area (Å²) in [6.07, 6.45) is 1.13. The maximum atomic E-state index is 6.02. The molecule has 1 aliphatic rings. The zero-order valence-corrected chi connectivity index (χ0v) is 10.2. The molecular formula is C12H17ClN2O. The van der Waals surface area contributed by atoms with Crippen molar-refractivity contribution in [1.29, 1.82) is 0 Å². The standard InChI is InChI=1S/C12H17ClN2O/c1-9-2-3-11(13)6-12(9)15-5-4-10(7-15)8-16-14/h2-3,6,10H,4-5,7-8,14H2,1H3. The Morgan fingerprint density at radius 3 is 3.12 bits per heavy atom. The van der Waals surface area contributed by atoms with Crippen molar-refractivity contribution in [1.82, 2.24) is 0 Å². The second-order valence-corrected chi connectivity index (χ2v) is 4.80. The highest BCUT2D eigenvalue weighted by Crippen LogP contribution is 2.29. The van der Waals surface area contributed by atoms with E-state index < -0.39 is 0 Å². The van der Waals surface area contributed by atoms with E-state index in [0.717, 1.165) is 24.5 Å². The van der Waals surface area contributed by atoms with Gasteiger partial charge >= 0.3 is 0 Å². The van der Waals surface area contributed by atoms with Gasteiger partial charge in [0.1, 0.15) is 0 Å². The molecule has 0 radical (unpaired) electrons. The van der Waals surface area contributed by atoms with Gasteiger partial charge in [0.25, 0.3) is 0 Å². The van der Waals surface area contributed by atoms with E-state index in [1.165, 1.54) is 11.3 Å². The van der Waals surface area contributed by atoms with Crippen LogP contribution in [0.2, 0.25) is 5.02 Å². The number of anilines is 1. The summed E-state index contributed by atoms with van der Waals surface area (Å²) in [4.78, 5) is 7.06. The summed E-state index contributed by atoms with van der Waals surface area (Å²) in [7, 11) is 0. The van der Waals surface area contributed by atoms with E-state index >= 15 is 0 Å². The Morgan fingerprint density at radius 1 is 1.56 bits per heavy atom. The Hall–Kier alpha value is -0.770. The fraction of sp³-hybridized carbons (Fsp3) is 0.500. The summed E-state index contributed by atoms with van der Waals surface area (Å²) in [5, 5.41) is 0.791. The van der Waals surface area contributed by atoms with E-state index in [1.807, 2.05) is 12.1 Å². The number of hydrogen-bond acceptors (Lipinski definition) is 3. The number of rotatable bonds is 3. The predicted octanol–water partition coefficient (Wildman–Crippen LogP) is 2.37. The lowest BCUT2D eigenvalue weighted by Gasteiger charge is -2.21. The number of benzene rings is 1. The lowest BCUT2D eigenvalue weighted by Crippen LogP contribution is -2.22. The number of nitrogens with zero attached hydrogens (tertiary/aromatic N) is 1. The molecule has 1 fully saturated rings. The molecule has 1 aromatic carbocycles. The minimum atomic E-state index is 0.531. The smallest absolute Gasteiger partial charge is 0.0724 e. The molecule has 2 rings (SSSR count). The first-order valence-electron chi connectivity index (χ1n) is 5.53. The van der Waals surface area contributed by atoms with E-state index in [1.54, 1.807) is 0 Å². The van der Waals surface area contributed by atoms with Crippen LogP contribution in [0.4, 0.5) is 5.69 Å². The zero-order chi connectivity index (χ0) is 11.5. The average Bonchev–Trinajstić information content (AvgIpc) is 2.71. The summed E-state index contributed by atoms with van der Waals surface area (Å²) in [6, 6.07) is 6.02. The van der Waals surface area contributed by atoms with Gasteiger partial charge in [-0.1, -0.05) is 17.7 Å². The minimum absolute atomic E-state index is 0.531. The summed E-state index contributed by atoms with van der Waals surface area (Å²) in [6.45, 7) is 4.79. The quantitative estimate of drug-likeness (QED) is 0.825. The molecule has 88 valence electrons. The van der Waals surface area contributed by atoms with E-state index in [9.17, 15) is 0 Å². The van der Waals surface area contributed by atoms with Gasteiger partial charge in [0.15, 0.2) is 0 Å². The molecule has 0 bridgehead atoms. The average molecular weight is 241 g/mol.